The number of ether oxygens (including phenoxy) is 1. The summed E-state index contributed by atoms with van der Waals surface area (Å²) < 4.78 is 5.48. The maximum Gasteiger partial charge on any atom is 0.119 e. The largest absolute Gasteiger partial charge is 0.497 e. The Hall–Kier alpha value is -2.04. The van der Waals surface area contributed by atoms with Crippen LogP contribution in [0.2, 0.25) is 5.02 Å². The summed E-state index contributed by atoms with van der Waals surface area (Å²) in [7, 11) is 1.70. The summed E-state index contributed by atoms with van der Waals surface area (Å²) in [6, 6.07) is 12.3. The number of rotatable bonds is 9. The number of halogens is 1. The van der Waals surface area contributed by atoms with Crippen molar-refractivity contribution in [3.63, 3.8) is 0 Å². The van der Waals surface area contributed by atoms with Crippen molar-refractivity contribution in [2.45, 2.75) is 39.7 Å². The molecule has 0 amide bonds. The zero-order valence-corrected chi connectivity index (χ0v) is 18.0. The van der Waals surface area contributed by atoms with Crippen LogP contribution in [0.5, 0.6) is 5.75 Å². The summed E-state index contributed by atoms with van der Waals surface area (Å²) in [4.78, 5) is 7.30. The van der Waals surface area contributed by atoms with Crippen LogP contribution in [0, 0.1) is 0 Å². The van der Waals surface area contributed by atoms with Gasteiger partial charge in [0.25, 0.3) is 0 Å². The fraction of sp³-hybridized carbons (Fsp3) is 0.435. The van der Waals surface area contributed by atoms with Gasteiger partial charge in [-0.05, 0) is 55.9 Å². The number of anilines is 1. The Bertz CT molecular complexity index is 940. The summed E-state index contributed by atoms with van der Waals surface area (Å²) in [5, 5.41) is 6.72. The molecular formula is C23H30ClN3O. The van der Waals surface area contributed by atoms with Gasteiger partial charge in [0.05, 0.1) is 23.8 Å². The van der Waals surface area contributed by atoms with Crippen molar-refractivity contribution in [1.82, 2.24) is 9.88 Å². The van der Waals surface area contributed by atoms with Crippen LogP contribution in [-0.2, 0) is 0 Å². The van der Waals surface area contributed by atoms with Gasteiger partial charge in [0.1, 0.15) is 5.75 Å². The second-order valence-electron chi connectivity index (χ2n) is 7.15. The molecular weight excluding hydrogens is 370 g/mol. The zero-order chi connectivity index (χ0) is 20.1. The van der Waals surface area contributed by atoms with Crippen LogP contribution in [0.3, 0.4) is 0 Å². The van der Waals surface area contributed by atoms with Crippen LogP contribution < -0.4 is 10.1 Å². The Labute approximate surface area is 172 Å². The predicted molar refractivity (Wildman–Crippen MR) is 121 cm³/mol. The van der Waals surface area contributed by atoms with Gasteiger partial charge in [0, 0.05) is 28.4 Å². The molecule has 1 unspecified atom stereocenters. The van der Waals surface area contributed by atoms with E-state index in [4.69, 9.17) is 21.3 Å². The minimum atomic E-state index is 0.362. The average molecular weight is 400 g/mol. The average Bonchev–Trinajstić information content (AvgIpc) is 2.71. The molecule has 5 heteroatoms. The number of aromatic nitrogens is 1. The van der Waals surface area contributed by atoms with Crippen molar-refractivity contribution in [3.8, 4) is 5.75 Å². The van der Waals surface area contributed by atoms with Gasteiger partial charge in [0.2, 0.25) is 0 Å². The lowest BCUT2D eigenvalue weighted by Crippen LogP contribution is -2.36. The second-order valence-corrected chi connectivity index (χ2v) is 7.58. The Morgan fingerprint density at radius 1 is 1.04 bits per heavy atom. The molecule has 2 aromatic carbocycles. The number of hydrogen-bond donors (Lipinski definition) is 1. The number of nitrogens with one attached hydrogen (secondary N) is 1. The Kier molecular flexibility index (Phi) is 6.97. The van der Waals surface area contributed by atoms with Crippen molar-refractivity contribution in [3.05, 3.63) is 41.4 Å². The lowest BCUT2D eigenvalue weighted by atomic mass is 10.0. The van der Waals surface area contributed by atoms with Crippen LogP contribution in [0.4, 0.5) is 5.69 Å². The van der Waals surface area contributed by atoms with Crippen molar-refractivity contribution in [2.24, 2.45) is 0 Å². The van der Waals surface area contributed by atoms with Gasteiger partial charge in [-0.25, -0.2) is 4.98 Å². The first-order valence-electron chi connectivity index (χ1n) is 10.1. The van der Waals surface area contributed by atoms with Gasteiger partial charge >= 0.3 is 0 Å². The highest BCUT2D eigenvalue weighted by molar-refractivity contribution is 6.31. The molecule has 0 bridgehead atoms. The van der Waals surface area contributed by atoms with E-state index in [0.29, 0.717) is 11.1 Å². The molecule has 28 heavy (non-hydrogen) atoms. The zero-order valence-electron chi connectivity index (χ0n) is 17.3. The maximum atomic E-state index is 6.24. The monoisotopic (exact) mass is 399 g/mol. The number of benzene rings is 2. The molecule has 0 spiro atoms. The van der Waals surface area contributed by atoms with Gasteiger partial charge in [-0.2, -0.15) is 0 Å². The summed E-state index contributed by atoms with van der Waals surface area (Å²) >= 11 is 6.24. The van der Waals surface area contributed by atoms with E-state index in [1.54, 1.807) is 7.11 Å². The molecule has 0 aliphatic heterocycles. The molecule has 150 valence electrons. The number of nitrogens with zero attached hydrogens (tertiary/aromatic N) is 2. The molecule has 0 saturated heterocycles. The lowest BCUT2D eigenvalue weighted by Gasteiger charge is -2.28. The highest BCUT2D eigenvalue weighted by Crippen LogP contribution is 2.35. The fourth-order valence-electron chi connectivity index (χ4n) is 3.73. The standard InChI is InChI=1S/C23H30ClN3O/c1-5-8-17(15-27(6-2)7-3)25-23-19-11-9-16(24)13-22(19)26-21-12-10-18(28-4)14-20(21)23/h9-14,17H,5-8,15H2,1-4H3,(H,25,26). The number of methoxy groups -OCH3 is 1. The molecule has 1 heterocycles. The van der Waals surface area contributed by atoms with Gasteiger partial charge < -0.3 is 15.0 Å². The van der Waals surface area contributed by atoms with Gasteiger partial charge in [0.15, 0.2) is 0 Å². The molecule has 0 aliphatic carbocycles. The van der Waals surface area contributed by atoms with E-state index in [1.807, 2.05) is 24.3 Å². The summed E-state index contributed by atoms with van der Waals surface area (Å²) in [5.41, 5.74) is 2.96. The van der Waals surface area contributed by atoms with E-state index >= 15 is 0 Å². The number of fused-ring (bicyclic) bond motifs is 2. The van der Waals surface area contributed by atoms with Crippen LogP contribution in [0.15, 0.2) is 36.4 Å². The van der Waals surface area contributed by atoms with E-state index in [-0.39, 0.29) is 0 Å². The first-order valence-corrected chi connectivity index (χ1v) is 10.5. The van der Waals surface area contributed by atoms with Crippen molar-refractivity contribution < 1.29 is 4.74 Å². The molecule has 0 radical (unpaired) electrons. The fourth-order valence-corrected chi connectivity index (χ4v) is 3.90. The summed E-state index contributed by atoms with van der Waals surface area (Å²) in [5.74, 6) is 0.835. The van der Waals surface area contributed by atoms with E-state index in [0.717, 1.165) is 65.7 Å². The molecule has 1 N–H and O–H groups in total. The number of hydrogen-bond acceptors (Lipinski definition) is 4. The Balaban J connectivity index is 2.13. The third kappa shape index (κ3) is 4.50. The predicted octanol–water partition coefficient (Wildman–Crippen LogP) is 5.97. The van der Waals surface area contributed by atoms with Crippen molar-refractivity contribution in [1.29, 1.82) is 0 Å². The lowest BCUT2D eigenvalue weighted by molar-refractivity contribution is 0.285. The van der Waals surface area contributed by atoms with E-state index in [1.165, 1.54) is 0 Å². The van der Waals surface area contributed by atoms with Crippen molar-refractivity contribution in [2.75, 3.05) is 32.1 Å². The molecule has 0 fully saturated rings. The quantitative estimate of drug-likeness (QED) is 0.449. The molecule has 1 atom stereocenters. The van der Waals surface area contributed by atoms with Gasteiger partial charge in [-0.3, -0.25) is 0 Å². The molecule has 0 saturated carbocycles. The van der Waals surface area contributed by atoms with Crippen LogP contribution >= 0.6 is 11.6 Å². The minimum Gasteiger partial charge on any atom is -0.497 e. The topological polar surface area (TPSA) is 37.4 Å². The van der Waals surface area contributed by atoms with Crippen molar-refractivity contribution >= 4 is 39.1 Å². The third-order valence-corrected chi connectivity index (χ3v) is 5.54. The Morgan fingerprint density at radius 3 is 2.50 bits per heavy atom. The smallest absolute Gasteiger partial charge is 0.119 e. The third-order valence-electron chi connectivity index (χ3n) is 5.30. The van der Waals surface area contributed by atoms with Crippen LogP contribution in [-0.4, -0.2) is 42.7 Å². The molecule has 0 aliphatic rings. The number of pyridine rings is 1. The first kappa shape index (κ1) is 20.7. The molecule has 3 aromatic rings. The maximum absolute atomic E-state index is 6.24. The van der Waals surface area contributed by atoms with E-state index in [9.17, 15) is 0 Å². The second kappa shape index (κ2) is 9.44. The number of likely N-dealkylation sites (N-methyl/N-ethyl adjacent to an activating group) is 1. The normalized spacial score (nSPS) is 12.6. The summed E-state index contributed by atoms with van der Waals surface area (Å²) in [6.07, 6.45) is 2.24. The minimum absolute atomic E-state index is 0.362. The Morgan fingerprint density at radius 2 is 1.82 bits per heavy atom. The molecule has 3 rings (SSSR count). The van der Waals surface area contributed by atoms with Crippen LogP contribution in [0.25, 0.3) is 21.8 Å². The molecule has 4 nitrogen and oxygen atoms in total. The van der Waals surface area contributed by atoms with Crippen LogP contribution in [0.1, 0.15) is 33.6 Å². The first-order chi connectivity index (χ1) is 13.6. The SMILES string of the molecule is CCCC(CN(CC)CC)Nc1c2ccc(Cl)cc2nc2ccc(OC)cc12. The van der Waals surface area contributed by atoms with Gasteiger partial charge in [-0.15, -0.1) is 0 Å². The van der Waals surface area contributed by atoms with Gasteiger partial charge in [-0.1, -0.05) is 38.8 Å². The molecule has 1 aromatic heterocycles. The van der Waals surface area contributed by atoms with E-state index in [2.05, 4.69) is 43.1 Å². The highest BCUT2D eigenvalue weighted by Gasteiger charge is 2.16. The highest BCUT2D eigenvalue weighted by atomic mass is 35.5. The summed E-state index contributed by atoms with van der Waals surface area (Å²) in [6.45, 7) is 9.80. The van der Waals surface area contributed by atoms with E-state index < -0.39 is 0 Å².